The van der Waals surface area contributed by atoms with Gasteiger partial charge >= 0.3 is 0 Å². The van der Waals surface area contributed by atoms with Gasteiger partial charge in [0.25, 0.3) is 0 Å². The second kappa shape index (κ2) is 41.1. The molecule has 0 radical (unpaired) electrons. The van der Waals surface area contributed by atoms with Crippen molar-refractivity contribution in [2.75, 3.05) is 65.4 Å². The maximum absolute atomic E-state index is 14.7. The van der Waals surface area contributed by atoms with Crippen LogP contribution in [0.25, 0.3) is 0 Å². The average Bonchev–Trinajstić information content (AvgIpc) is 1.70. The lowest BCUT2D eigenvalue weighted by Gasteiger charge is -2.42. The normalized spacial score (nSPS) is 21.1. The molecule has 0 aromatic carbocycles. The Balaban J connectivity index is 0.951. The first-order valence-corrected chi connectivity index (χ1v) is 42.8. The Kier molecular flexibility index (Phi) is 34.0. The first-order valence-electron chi connectivity index (χ1n) is 42.8. The highest BCUT2D eigenvalue weighted by Gasteiger charge is 2.55. The molecule has 0 aromatic heterocycles. The Bertz CT molecular complexity index is 3700. The van der Waals surface area contributed by atoms with E-state index in [0.717, 1.165) is 58.2 Å². The van der Waals surface area contributed by atoms with Crippen molar-refractivity contribution < 1.29 is 81.3 Å². The number of nitrogens with zero attached hydrogens (tertiary/aromatic N) is 5. The molecule has 34 heteroatoms. The Morgan fingerprint density at radius 3 is 1.59 bits per heavy atom. The zero-order chi connectivity index (χ0) is 87.7. The number of hydrogen-bond donors (Lipinski definition) is 13. The molecule has 0 aromatic rings. The van der Waals surface area contributed by atoms with Gasteiger partial charge in [0.15, 0.2) is 0 Å². The summed E-state index contributed by atoms with van der Waals surface area (Å²) in [6, 6.07) is -5.19. The minimum Gasteiger partial charge on any atom is -0.354 e. The molecular formula is C83H141N18O16+. The molecule has 5 aliphatic heterocycles. The van der Waals surface area contributed by atoms with E-state index in [1.165, 1.54) is 69.0 Å². The summed E-state index contributed by atoms with van der Waals surface area (Å²) in [5.74, 6) is -8.43. The van der Waals surface area contributed by atoms with Crippen molar-refractivity contribution in [3.63, 3.8) is 0 Å². The molecule has 6 rings (SSSR count). The van der Waals surface area contributed by atoms with Crippen LogP contribution >= 0.6 is 0 Å². The third-order valence-electron chi connectivity index (χ3n) is 24.0. The van der Waals surface area contributed by atoms with E-state index in [4.69, 9.17) is 0 Å². The van der Waals surface area contributed by atoms with Gasteiger partial charge in [0, 0.05) is 45.9 Å². The lowest BCUT2D eigenvalue weighted by atomic mass is 9.91. The molecule has 117 heavy (non-hydrogen) atoms. The minimum absolute atomic E-state index is 0.0595. The van der Waals surface area contributed by atoms with Crippen LogP contribution in [0.5, 0.6) is 0 Å². The van der Waals surface area contributed by atoms with Crippen LogP contribution in [0.3, 0.4) is 0 Å². The van der Waals surface area contributed by atoms with Crippen LogP contribution in [-0.2, 0) is 76.7 Å². The van der Waals surface area contributed by atoms with Crippen LogP contribution in [0.1, 0.15) is 260 Å². The molecule has 13 N–H and O–H groups in total. The number of amides is 16. The van der Waals surface area contributed by atoms with Gasteiger partial charge in [0.2, 0.25) is 100 Å². The Morgan fingerprint density at radius 2 is 1.01 bits per heavy atom. The number of carbonyl (C=O) groups is 16. The second-order valence-corrected chi connectivity index (χ2v) is 36.9. The number of carbonyl (C=O) groups excluding carboxylic acids is 16. The summed E-state index contributed by atoms with van der Waals surface area (Å²) in [5.41, 5.74) is -10.7. The smallest absolute Gasteiger partial charge is 0.248 e. The van der Waals surface area contributed by atoms with E-state index < -0.39 is 171 Å². The molecule has 5 heterocycles. The highest BCUT2D eigenvalue weighted by atomic mass is 16.2. The van der Waals surface area contributed by atoms with Crippen molar-refractivity contribution in [1.29, 1.82) is 0 Å². The zero-order valence-corrected chi connectivity index (χ0v) is 73.5. The summed E-state index contributed by atoms with van der Waals surface area (Å²) in [5, 5.41) is 36.1. The predicted molar refractivity (Wildman–Crippen MR) is 439 cm³/mol. The fourth-order valence-electron chi connectivity index (χ4n) is 16.0. The lowest BCUT2D eigenvalue weighted by Crippen LogP contribution is -2.67. The average molecular weight is 1650 g/mol. The number of nitrogens with one attached hydrogen (secondary N) is 13. The van der Waals surface area contributed by atoms with Crippen molar-refractivity contribution in [3.05, 3.63) is 0 Å². The lowest BCUT2D eigenvalue weighted by molar-refractivity contribution is -0.530. The maximum atomic E-state index is 14.7. The summed E-state index contributed by atoms with van der Waals surface area (Å²) in [6.45, 7) is 36.7. The van der Waals surface area contributed by atoms with Gasteiger partial charge in [0.1, 0.15) is 75.5 Å². The third-order valence-corrected chi connectivity index (χ3v) is 24.0. The third kappa shape index (κ3) is 26.0. The van der Waals surface area contributed by atoms with Gasteiger partial charge in [-0.15, -0.1) is 0 Å². The van der Waals surface area contributed by atoms with Crippen molar-refractivity contribution >= 4 is 100 Å². The number of amidine groups is 1. The predicted octanol–water partition coefficient (Wildman–Crippen LogP) is 1.44. The molecule has 658 valence electrons. The van der Waals surface area contributed by atoms with E-state index in [0.29, 0.717) is 44.7 Å². The summed E-state index contributed by atoms with van der Waals surface area (Å²) in [6.07, 6.45) is 8.65. The number of rotatable bonds is 40. The van der Waals surface area contributed by atoms with E-state index in [1.807, 2.05) is 34.6 Å². The fraction of sp³-hybridized carbons (Fsp3) is 0.795. The molecule has 0 unspecified atom stereocenters. The number of likely N-dealkylation sites (tertiary alicyclic amines) is 3. The Morgan fingerprint density at radius 1 is 0.470 bits per heavy atom. The van der Waals surface area contributed by atoms with Crippen LogP contribution in [0.2, 0.25) is 0 Å². The molecule has 1 saturated carbocycles. The van der Waals surface area contributed by atoms with Crippen molar-refractivity contribution in [3.8, 4) is 0 Å². The highest BCUT2D eigenvalue weighted by molar-refractivity contribution is 6.03. The van der Waals surface area contributed by atoms with Crippen molar-refractivity contribution in [2.45, 2.75) is 335 Å². The largest absolute Gasteiger partial charge is 0.354 e. The summed E-state index contributed by atoms with van der Waals surface area (Å²) < 4.78 is 2.44. The molecule has 4 fully saturated rings. The van der Waals surface area contributed by atoms with Gasteiger partial charge < -0.3 is 83.8 Å². The molecular weight excluding hydrogens is 1510 g/mol. The van der Waals surface area contributed by atoms with Gasteiger partial charge in [-0.1, -0.05) is 69.2 Å². The van der Waals surface area contributed by atoms with Gasteiger partial charge in [-0.25, -0.2) is 0 Å². The van der Waals surface area contributed by atoms with E-state index >= 15 is 0 Å². The molecule has 3 saturated heterocycles. The quantitative estimate of drug-likeness (QED) is 0.0386. The second-order valence-electron chi connectivity index (χ2n) is 36.9. The van der Waals surface area contributed by atoms with Crippen LogP contribution in [0.4, 0.5) is 0 Å². The number of hydrogen-bond acceptors (Lipinski definition) is 17. The van der Waals surface area contributed by atoms with Crippen molar-refractivity contribution in [1.82, 2.24) is 88.7 Å². The Hall–Kier alpha value is -9.01. The topological polar surface area (TPSA) is 445 Å². The van der Waals surface area contributed by atoms with Gasteiger partial charge in [-0.3, -0.25) is 86.2 Å². The first kappa shape index (κ1) is 96.8. The van der Waals surface area contributed by atoms with Crippen LogP contribution in [0.15, 0.2) is 0 Å². The van der Waals surface area contributed by atoms with E-state index in [1.54, 1.807) is 41.5 Å². The summed E-state index contributed by atoms with van der Waals surface area (Å²) >= 11 is 0. The van der Waals surface area contributed by atoms with E-state index in [2.05, 4.69) is 92.4 Å². The summed E-state index contributed by atoms with van der Waals surface area (Å²) in [7, 11) is 0. The zero-order valence-electron chi connectivity index (χ0n) is 73.5. The monoisotopic (exact) mass is 1650 g/mol. The van der Waals surface area contributed by atoms with Crippen LogP contribution in [0, 0.1) is 23.7 Å². The first-order chi connectivity index (χ1) is 54.5. The number of piperidine rings is 2. The molecule has 16 amide bonds. The minimum atomic E-state index is -1.66. The molecule has 6 aliphatic rings. The SMILES string of the molecule is CC[C@](C)(NC(=O)[C@H](CC(C)C)NC(=O)CNC(=O)C(C)(C)NC(=O)[C@@H]1[C@@H](C)CCN1C(=O)[C@](C)(CC)NC(=O)C1(NC(=O)CNC(=O)CCNC(=O)[C@H](CC(C)C)NC(=O)C(C)(C)NC(=O)[C@](C)(CC)NC(=O)[C@@H]2CCCCN2C(=O)C(C)(C)NC(=O)[C@@H]2CCCCN2C(C)=O)CC1)C(=O)N[C@@H](CC(C)C)CN1CCC[N+]2=C1CCC2. The highest BCUT2D eigenvalue weighted by Crippen LogP contribution is 2.37. The standard InChI is InChI=1S/C83H140N18O16/c1-21-80(18,72(113)87-55(44-50(4)5)49-98-40-29-39-97-38-28-32-63(97)98)93-66(107)57(46-52(8)9)88-61(104)47-86-70(111)77(12,13)92-69(110)64-53(10)34-43-101(64)76(117)82(20,23-3)96-74(115)83(35-36-83)90-62(105)48-85-60(103)33-37-84-65(106)56(45-51(6)7)89-71(112)78(14,15)95-73(114)81(19,22-2)94-68(109)59-31-25-27-42-100(59)75(116)79(16,17)91-67(108)58-30-24-26-41-99(58)54(11)102/h50-53,55-59,64H,21-49H2,1-20H3,(H12-,84,85,86,87,88,89,90,91,92,93,94,95,96,103,104,105,106,107,108,109,110,111,112,113,114,115)/p+1/t53-,55-,56-,57-,58-,59-,64-,80-,81-,82-/m0/s1. The maximum Gasteiger partial charge on any atom is 0.248 e. The molecule has 0 spiro atoms. The van der Waals surface area contributed by atoms with Gasteiger partial charge in [-0.2, -0.15) is 0 Å². The molecule has 10 atom stereocenters. The molecule has 0 bridgehead atoms. The van der Waals surface area contributed by atoms with Gasteiger partial charge in [-0.05, 0) is 189 Å². The van der Waals surface area contributed by atoms with E-state index in [-0.39, 0.29) is 107 Å². The van der Waals surface area contributed by atoms with Crippen LogP contribution in [-0.4, -0.2) is 265 Å². The van der Waals surface area contributed by atoms with Crippen molar-refractivity contribution in [2.24, 2.45) is 23.7 Å². The molecule has 1 aliphatic carbocycles. The van der Waals surface area contributed by atoms with E-state index in [9.17, 15) is 76.7 Å². The van der Waals surface area contributed by atoms with Gasteiger partial charge in [0.05, 0.1) is 45.2 Å². The van der Waals surface area contributed by atoms with Crippen LogP contribution < -0.4 is 69.1 Å². The fourth-order valence-corrected chi connectivity index (χ4v) is 16.0. The molecule has 34 nitrogen and oxygen atoms in total. The summed E-state index contributed by atoms with van der Waals surface area (Å²) in [4.78, 5) is 229. The Labute approximate surface area is 692 Å².